The van der Waals surface area contributed by atoms with Crippen LogP contribution in [0.3, 0.4) is 0 Å². The molecule has 0 aromatic heterocycles. The third-order valence-corrected chi connectivity index (χ3v) is 2.35. The van der Waals surface area contributed by atoms with E-state index >= 15 is 0 Å². The SMILES string of the molecule is CCOC(=O)C(N)Cc1ccc(OCC(N)=O)cc1. The van der Waals surface area contributed by atoms with Crippen molar-refractivity contribution in [2.75, 3.05) is 13.2 Å². The zero-order chi connectivity index (χ0) is 14.3. The molecule has 6 nitrogen and oxygen atoms in total. The first-order chi connectivity index (χ1) is 9.02. The first kappa shape index (κ1) is 15.0. The number of ether oxygens (including phenoxy) is 2. The highest BCUT2D eigenvalue weighted by atomic mass is 16.5. The minimum atomic E-state index is -0.683. The largest absolute Gasteiger partial charge is 0.484 e. The average Bonchev–Trinajstić information content (AvgIpc) is 2.38. The van der Waals surface area contributed by atoms with Gasteiger partial charge in [-0.15, -0.1) is 0 Å². The summed E-state index contributed by atoms with van der Waals surface area (Å²) in [6.45, 7) is 1.88. The molecule has 0 radical (unpaired) electrons. The Bertz CT molecular complexity index is 431. The maximum atomic E-state index is 11.4. The number of esters is 1. The number of benzene rings is 1. The number of hydrogen-bond acceptors (Lipinski definition) is 5. The molecule has 0 aliphatic heterocycles. The quantitative estimate of drug-likeness (QED) is 0.675. The van der Waals surface area contributed by atoms with Gasteiger partial charge in [0.15, 0.2) is 6.61 Å². The van der Waals surface area contributed by atoms with Crippen molar-refractivity contribution in [3.8, 4) is 5.75 Å². The highest BCUT2D eigenvalue weighted by Crippen LogP contribution is 2.13. The van der Waals surface area contributed by atoms with E-state index in [1.54, 1.807) is 31.2 Å². The Kier molecular flexibility index (Phi) is 5.81. The van der Waals surface area contributed by atoms with Crippen LogP contribution in [0.25, 0.3) is 0 Å². The standard InChI is InChI=1S/C13H18N2O4/c1-2-18-13(17)11(14)7-9-3-5-10(6-4-9)19-8-12(15)16/h3-6,11H,2,7-8,14H2,1H3,(H2,15,16). The second-order valence-electron chi connectivity index (χ2n) is 3.96. The molecule has 104 valence electrons. The molecule has 0 heterocycles. The number of primary amides is 1. The van der Waals surface area contributed by atoms with Crippen LogP contribution in [0.1, 0.15) is 12.5 Å². The third-order valence-electron chi connectivity index (χ3n) is 2.35. The van der Waals surface area contributed by atoms with Gasteiger partial charge in [0.2, 0.25) is 0 Å². The Balaban J connectivity index is 2.52. The van der Waals surface area contributed by atoms with Gasteiger partial charge in [-0.3, -0.25) is 9.59 Å². The van der Waals surface area contributed by atoms with Gasteiger partial charge in [0.05, 0.1) is 6.61 Å². The Morgan fingerprint density at radius 3 is 2.42 bits per heavy atom. The van der Waals surface area contributed by atoms with Crippen LogP contribution < -0.4 is 16.2 Å². The number of hydrogen-bond donors (Lipinski definition) is 2. The van der Waals surface area contributed by atoms with Crippen molar-refractivity contribution in [3.05, 3.63) is 29.8 Å². The van der Waals surface area contributed by atoms with Crippen molar-refractivity contribution in [1.82, 2.24) is 0 Å². The maximum Gasteiger partial charge on any atom is 0.323 e. The molecule has 0 spiro atoms. The molecule has 19 heavy (non-hydrogen) atoms. The van der Waals surface area contributed by atoms with Crippen LogP contribution in [0.15, 0.2) is 24.3 Å². The number of rotatable bonds is 7. The molecule has 0 bridgehead atoms. The Morgan fingerprint density at radius 1 is 1.26 bits per heavy atom. The van der Waals surface area contributed by atoms with Gasteiger partial charge in [0.25, 0.3) is 5.91 Å². The minimum absolute atomic E-state index is 0.165. The predicted molar refractivity (Wildman–Crippen MR) is 69.4 cm³/mol. The number of nitrogens with two attached hydrogens (primary N) is 2. The van der Waals surface area contributed by atoms with E-state index in [-0.39, 0.29) is 6.61 Å². The molecule has 1 aromatic carbocycles. The minimum Gasteiger partial charge on any atom is -0.484 e. The molecule has 0 fully saturated rings. The van der Waals surface area contributed by atoms with E-state index in [1.807, 2.05) is 0 Å². The van der Waals surface area contributed by atoms with Crippen LogP contribution in [0.5, 0.6) is 5.75 Å². The summed E-state index contributed by atoms with van der Waals surface area (Å²) >= 11 is 0. The third kappa shape index (κ3) is 5.39. The molecule has 1 amide bonds. The van der Waals surface area contributed by atoms with Crippen molar-refractivity contribution >= 4 is 11.9 Å². The normalized spacial score (nSPS) is 11.7. The monoisotopic (exact) mass is 266 g/mol. The van der Waals surface area contributed by atoms with E-state index in [1.165, 1.54) is 0 Å². The molecule has 0 saturated carbocycles. The van der Waals surface area contributed by atoms with Crippen LogP contribution in [-0.2, 0) is 20.7 Å². The van der Waals surface area contributed by atoms with Crippen LogP contribution in [0, 0.1) is 0 Å². The maximum absolute atomic E-state index is 11.4. The van der Waals surface area contributed by atoms with Crippen molar-refractivity contribution in [1.29, 1.82) is 0 Å². The second kappa shape index (κ2) is 7.38. The molecule has 1 aromatic rings. The topological polar surface area (TPSA) is 105 Å². The van der Waals surface area contributed by atoms with Crippen molar-refractivity contribution < 1.29 is 19.1 Å². The fourth-order valence-electron chi connectivity index (χ4n) is 1.46. The lowest BCUT2D eigenvalue weighted by Gasteiger charge is -2.11. The molecule has 0 saturated heterocycles. The van der Waals surface area contributed by atoms with Crippen molar-refractivity contribution in [2.24, 2.45) is 11.5 Å². The van der Waals surface area contributed by atoms with E-state index in [9.17, 15) is 9.59 Å². The average molecular weight is 266 g/mol. The van der Waals surface area contributed by atoms with Gasteiger partial charge in [-0.05, 0) is 31.0 Å². The summed E-state index contributed by atoms with van der Waals surface area (Å²) in [5.74, 6) is -0.419. The predicted octanol–water partition coefficient (Wildman–Crippen LogP) is -0.0164. The van der Waals surface area contributed by atoms with Crippen LogP contribution >= 0.6 is 0 Å². The first-order valence-electron chi connectivity index (χ1n) is 5.95. The lowest BCUT2D eigenvalue weighted by Crippen LogP contribution is -2.34. The molecule has 1 unspecified atom stereocenters. The van der Waals surface area contributed by atoms with E-state index in [2.05, 4.69) is 0 Å². The van der Waals surface area contributed by atoms with Gasteiger partial charge in [0, 0.05) is 0 Å². The summed E-state index contributed by atoms with van der Waals surface area (Å²) in [4.78, 5) is 21.9. The fourth-order valence-corrected chi connectivity index (χ4v) is 1.46. The summed E-state index contributed by atoms with van der Waals surface area (Å²) < 4.78 is 9.94. The molecule has 0 aliphatic carbocycles. The van der Waals surface area contributed by atoms with E-state index in [0.717, 1.165) is 5.56 Å². The van der Waals surface area contributed by atoms with Gasteiger partial charge >= 0.3 is 5.97 Å². The smallest absolute Gasteiger partial charge is 0.323 e. The molecule has 6 heteroatoms. The molecule has 0 aliphatic rings. The molecule has 1 atom stereocenters. The first-order valence-corrected chi connectivity index (χ1v) is 5.95. The summed E-state index contributed by atoms with van der Waals surface area (Å²) in [6.07, 6.45) is 0.384. The van der Waals surface area contributed by atoms with Crippen molar-refractivity contribution in [2.45, 2.75) is 19.4 Å². The molecular formula is C13H18N2O4. The zero-order valence-corrected chi connectivity index (χ0v) is 10.8. The van der Waals surface area contributed by atoms with E-state index in [0.29, 0.717) is 18.8 Å². The summed E-state index contributed by atoms with van der Waals surface area (Å²) in [6, 6.07) is 6.24. The fraction of sp³-hybridized carbons (Fsp3) is 0.385. The van der Waals surface area contributed by atoms with E-state index < -0.39 is 17.9 Å². The second-order valence-corrected chi connectivity index (χ2v) is 3.96. The Hall–Kier alpha value is -2.08. The van der Waals surface area contributed by atoms with Gasteiger partial charge in [-0.25, -0.2) is 0 Å². The summed E-state index contributed by atoms with van der Waals surface area (Å²) in [7, 11) is 0. The lowest BCUT2D eigenvalue weighted by atomic mass is 10.1. The number of carbonyl (C=O) groups is 2. The Labute approximate surface area is 111 Å². The number of amides is 1. The van der Waals surface area contributed by atoms with Gasteiger partial charge < -0.3 is 20.9 Å². The van der Waals surface area contributed by atoms with E-state index in [4.69, 9.17) is 20.9 Å². The molecular weight excluding hydrogens is 248 g/mol. The lowest BCUT2D eigenvalue weighted by molar-refractivity contribution is -0.144. The highest BCUT2D eigenvalue weighted by molar-refractivity contribution is 5.76. The van der Waals surface area contributed by atoms with Crippen molar-refractivity contribution in [3.63, 3.8) is 0 Å². The summed E-state index contributed by atoms with van der Waals surface area (Å²) in [5.41, 5.74) is 11.6. The van der Waals surface area contributed by atoms with Crippen LogP contribution in [0.4, 0.5) is 0 Å². The summed E-state index contributed by atoms with van der Waals surface area (Å²) in [5, 5.41) is 0. The number of carbonyl (C=O) groups excluding carboxylic acids is 2. The zero-order valence-electron chi connectivity index (χ0n) is 10.8. The van der Waals surface area contributed by atoms with Gasteiger partial charge in [-0.1, -0.05) is 12.1 Å². The van der Waals surface area contributed by atoms with Gasteiger partial charge in [0.1, 0.15) is 11.8 Å². The molecule has 4 N–H and O–H groups in total. The molecule has 1 rings (SSSR count). The van der Waals surface area contributed by atoms with Gasteiger partial charge in [-0.2, -0.15) is 0 Å². The Morgan fingerprint density at radius 2 is 1.89 bits per heavy atom. The highest BCUT2D eigenvalue weighted by Gasteiger charge is 2.14. The van der Waals surface area contributed by atoms with Crippen LogP contribution in [-0.4, -0.2) is 31.1 Å². The van der Waals surface area contributed by atoms with Crippen LogP contribution in [0.2, 0.25) is 0 Å².